The first-order valence-corrected chi connectivity index (χ1v) is 6.35. The van der Waals surface area contributed by atoms with Crippen LogP contribution in [0.1, 0.15) is 32.6 Å². The van der Waals surface area contributed by atoms with Crippen molar-refractivity contribution in [1.29, 1.82) is 0 Å². The van der Waals surface area contributed by atoms with Crippen molar-refractivity contribution in [1.82, 2.24) is 9.80 Å². The average molecular weight is 242 g/mol. The van der Waals surface area contributed by atoms with Gasteiger partial charge in [-0.1, -0.05) is 13.3 Å². The molecule has 1 rings (SSSR count). The molecule has 1 aliphatic heterocycles. The standard InChI is InChI=1S/C12H22N2O3/c1-2-3-4-11(16)13-6-8-14(9-7-13)12(17)5-10-15/h15H,2-10H2,1H3. The molecule has 0 bridgehead atoms. The second kappa shape index (κ2) is 7.27. The Morgan fingerprint density at radius 1 is 1.00 bits per heavy atom. The number of unbranched alkanes of at least 4 members (excludes halogenated alkanes) is 1. The van der Waals surface area contributed by atoms with Gasteiger partial charge in [0, 0.05) is 39.0 Å². The highest BCUT2D eigenvalue weighted by Crippen LogP contribution is 2.07. The van der Waals surface area contributed by atoms with E-state index >= 15 is 0 Å². The molecule has 0 saturated carbocycles. The zero-order chi connectivity index (χ0) is 12.7. The lowest BCUT2D eigenvalue weighted by molar-refractivity contribution is -0.140. The quantitative estimate of drug-likeness (QED) is 0.750. The van der Waals surface area contributed by atoms with Crippen LogP contribution in [0.15, 0.2) is 0 Å². The van der Waals surface area contributed by atoms with Gasteiger partial charge in [-0.2, -0.15) is 0 Å². The summed E-state index contributed by atoms with van der Waals surface area (Å²) in [6, 6.07) is 0. The van der Waals surface area contributed by atoms with Crippen LogP contribution in [0.3, 0.4) is 0 Å². The Kier molecular flexibility index (Phi) is 5.97. The van der Waals surface area contributed by atoms with Crippen LogP contribution in [-0.2, 0) is 9.59 Å². The highest BCUT2D eigenvalue weighted by Gasteiger charge is 2.23. The Bertz CT molecular complexity index is 260. The van der Waals surface area contributed by atoms with Crippen molar-refractivity contribution >= 4 is 11.8 Å². The third-order valence-electron chi connectivity index (χ3n) is 3.05. The Labute approximate surface area is 102 Å². The second-order valence-corrected chi connectivity index (χ2v) is 4.34. The molecular formula is C12H22N2O3. The van der Waals surface area contributed by atoms with E-state index in [1.54, 1.807) is 4.90 Å². The van der Waals surface area contributed by atoms with Crippen LogP contribution >= 0.6 is 0 Å². The molecule has 0 atom stereocenters. The molecule has 1 N–H and O–H groups in total. The summed E-state index contributed by atoms with van der Waals surface area (Å²) in [6.45, 7) is 4.40. The highest BCUT2D eigenvalue weighted by molar-refractivity contribution is 5.78. The van der Waals surface area contributed by atoms with E-state index in [0.29, 0.717) is 32.6 Å². The molecule has 5 heteroatoms. The summed E-state index contributed by atoms with van der Waals surface area (Å²) in [5.74, 6) is 0.175. The van der Waals surface area contributed by atoms with Crippen LogP contribution in [0.4, 0.5) is 0 Å². The summed E-state index contributed by atoms with van der Waals surface area (Å²) in [5, 5.41) is 8.69. The maximum absolute atomic E-state index is 11.7. The lowest BCUT2D eigenvalue weighted by atomic mass is 10.2. The fourth-order valence-electron chi connectivity index (χ4n) is 1.95. The second-order valence-electron chi connectivity index (χ2n) is 4.34. The predicted molar refractivity (Wildman–Crippen MR) is 64.4 cm³/mol. The van der Waals surface area contributed by atoms with E-state index in [0.717, 1.165) is 12.8 Å². The molecule has 1 fully saturated rings. The molecule has 0 aromatic rings. The van der Waals surface area contributed by atoms with Crippen LogP contribution in [0.5, 0.6) is 0 Å². The monoisotopic (exact) mass is 242 g/mol. The van der Waals surface area contributed by atoms with Crippen molar-refractivity contribution in [3.05, 3.63) is 0 Å². The Balaban J connectivity index is 2.30. The molecule has 1 aliphatic rings. The van der Waals surface area contributed by atoms with Gasteiger partial charge >= 0.3 is 0 Å². The molecule has 0 aliphatic carbocycles. The van der Waals surface area contributed by atoms with E-state index in [2.05, 4.69) is 6.92 Å². The number of aliphatic hydroxyl groups excluding tert-OH is 1. The first-order chi connectivity index (χ1) is 8.19. The van der Waals surface area contributed by atoms with Crippen molar-refractivity contribution in [2.45, 2.75) is 32.6 Å². The summed E-state index contributed by atoms with van der Waals surface area (Å²) >= 11 is 0. The first-order valence-electron chi connectivity index (χ1n) is 6.35. The number of piperazine rings is 1. The summed E-state index contributed by atoms with van der Waals surface area (Å²) in [6.07, 6.45) is 2.76. The van der Waals surface area contributed by atoms with Crippen LogP contribution in [0.25, 0.3) is 0 Å². The van der Waals surface area contributed by atoms with Gasteiger partial charge in [-0.15, -0.1) is 0 Å². The normalized spacial score (nSPS) is 16.1. The maximum atomic E-state index is 11.7. The van der Waals surface area contributed by atoms with E-state index < -0.39 is 0 Å². The van der Waals surface area contributed by atoms with E-state index in [1.165, 1.54) is 0 Å². The van der Waals surface area contributed by atoms with Gasteiger partial charge in [0.15, 0.2) is 0 Å². The molecule has 5 nitrogen and oxygen atoms in total. The predicted octanol–water partition coefficient (Wildman–Crippen LogP) is 0.230. The minimum atomic E-state index is -0.103. The molecule has 1 heterocycles. The summed E-state index contributed by atoms with van der Waals surface area (Å²) < 4.78 is 0. The van der Waals surface area contributed by atoms with Gasteiger partial charge < -0.3 is 14.9 Å². The smallest absolute Gasteiger partial charge is 0.225 e. The number of hydrogen-bond donors (Lipinski definition) is 1. The Morgan fingerprint density at radius 2 is 1.47 bits per heavy atom. The minimum Gasteiger partial charge on any atom is -0.396 e. The molecule has 1 saturated heterocycles. The van der Waals surface area contributed by atoms with E-state index in [-0.39, 0.29) is 24.8 Å². The molecule has 17 heavy (non-hydrogen) atoms. The lowest BCUT2D eigenvalue weighted by Gasteiger charge is -2.34. The van der Waals surface area contributed by atoms with E-state index in [4.69, 9.17) is 5.11 Å². The molecular weight excluding hydrogens is 220 g/mol. The number of aliphatic hydroxyl groups is 1. The SMILES string of the molecule is CCCCC(=O)N1CCN(C(=O)CCO)CC1. The van der Waals surface area contributed by atoms with Crippen molar-refractivity contribution in [2.75, 3.05) is 32.8 Å². The molecule has 0 spiro atoms. The average Bonchev–Trinajstić information content (AvgIpc) is 2.36. The van der Waals surface area contributed by atoms with Gasteiger partial charge in [0.25, 0.3) is 0 Å². The number of hydrogen-bond acceptors (Lipinski definition) is 3. The van der Waals surface area contributed by atoms with Crippen molar-refractivity contribution in [3.8, 4) is 0 Å². The number of carbonyl (C=O) groups is 2. The van der Waals surface area contributed by atoms with Gasteiger partial charge in [-0.25, -0.2) is 0 Å². The number of rotatable bonds is 5. The van der Waals surface area contributed by atoms with Crippen LogP contribution in [-0.4, -0.2) is 59.5 Å². The molecule has 98 valence electrons. The minimum absolute atomic E-state index is 0.0202. The topological polar surface area (TPSA) is 60.9 Å². The van der Waals surface area contributed by atoms with Gasteiger partial charge in [0.2, 0.25) is 11.8 Å². The molecule has 2 amide bonds. The zero-order valence-electron chi connectivity index (χ0n) is 10.5. The number of nitrogens with zero attached hydrogens (tertiary/aromatic N) is 2. The van der Waals surface area contributed by atoms with Crippen molar-refractivity contribution in [2.24, 2.45) is 0 Å². The van der Waals surface area contributed by atoms with E-state index in [1.807, 2.05) is 4.90 Å². The highest BCUT2D eigenvalue weighted by atomic mass is 16.3. The third-order valence-corrected chi connectivity index (χ3v) is 3.05. The lowest BCUT2D eigenvalue weighted by Crippen LogP contribution is -2.50. The Hall–Kier alpha value is -1.10. The fraction of sp³-hybridized carbons (Fsp3) is 0.833. The van der Waals surface area contributed by atoms with Gasteiger partial charge in [0.1, 0.15) is 0 Å². The largest absolute Gasteiger partial charge is 0.396 e. The summed E-state index contributed by atoms with van der Waals surface area (Å²) in [4.78, 5) is 26.8. The van der Waals surface area contributed by atoms with Crippen LogP contribution < -0.4 is 0 Å². The summed E-state index contributed by atoms with van der Waals surface area (Å²) in [7, 11) is 0. The fourth-order valence-corrected chi connectivity index (χ4v) is 1.95. The van der Waals surface area contributed by atoms with Crippen molar-refractivity contribution < 1.29 is 14.7 Å². The van der Waals surface area contributed by atoms with E-state index in [9.17, 15) is 9.59 Å². The maximum Gasteiger partial charge on any atom is 0.225 e. The molecule has 0 unspecified atom stereocenters. The molecule has 0 radical (unpaired) electrons. The molecule has 0 aromatic heterocycles. The van der Waals surface area contributed by atoms with Gasteiger partial charge in [-0.05, 0) is 6.42 Å². The molecule has 0 aromatic carbocycles. The van der Waals surface area contributed by atoms with Gasteiger partial charge in [0.05, 0.1) is 6.61 Å². The van der Waals surface area contributed by atoms with Crippen LogP contribution in [0, 0.1) is 0 Å². The first kappa shape index (κ1) is 14.0. The zero-order valence-corrected chi connectivity index (χ0v) is 10.5. The van der Waals surface area contributed by atoms with Gasteiger partial charge in [-0.3, -0.25) is 9.59 Å². The number of carbonyl (C=O) groups excluding carboxylic acids is 2. The number of amides is 2. The Morgan fingerprint density at radius 3 is 1.88 bits per heavy atom. The third kappa shape index (κ3) is 4.34. The summed E-state index contributed by atoms with van der Waals surface area (Å²) in [5.41, 5.74) is 0. The van der Waals surface area contributed by atoms with Crippen LogP contribution in [0.2, 0.25) is 0 Å². The van der Waals surface area contributed by atoms with Crippen molar-refractivity contribution in [3.63, 3.8) is 0 Å².